The van der Waals surface area contributed by atoms with Crippen molar-refractivity contribution in [3.05, 3.63) is 0 Å². The van der Waals surface area contributed by atoms with Gasteiger partial charge >= 0.3 is 0 Å². The fourth-order valence-corrected chi connectivity index (χ4v) is 3.61. The van der Waals surface area contributed by atoms with E-state index in [-0.39, 0.29) is 35.1 Å². The van der Waals surface area contributed by atoms with Gasteiger partial charge in [-0.05, 0) is 32.6 Å². The van der Waals surface area contributed by atoms with Crippen LogP contribution in [0.15, 0.2) is 4.99 Å². The molecule has 1 saturated heterocycles. The molecule has 0 radical (unpaired) electrons. The van der Waals surface area contributed by atoms with Crippen LogP contribution in [0.3, 0.4) is 0 Å². The lowest BCUT2D eigenvalue weighted by molar-refractivity contribution is 0.349. The standard InChI is InChI=1S/C15H31N3O2S.HI/c1-7-16-13(17-9-8-14(2,3)4)18-10-11-21(19,20)15(5,6)12-18;/h7-12H2,1-6H3,(H,16,17);1H. The SMILES string of the molecule is CCNC(=NCCC(C)(C)C)N1CCS(=O)(=O)C(C)(C)C1.I. The van der Waals surface area contributed by atoms with Crippen molar-refractivity contribution in [2.45, 2.75) is 52.7 Å². The topological polar surface area (TPSA) is 61.8 Å². The number of halogens is 1. The molecule has 0 spiro atoms. The second-order valence-electron chi connectivity index (χ2n) is 7.55. The van der Waals surface area contributed by atoms with Crippen LogP contribution < -0.4 is 5.32 Å². The summed E-state index contributed by atoms with van der Waals surface area (Å²) in [6.45, 7) is 14.8. The Hall–Kier alpha value is -0.0500. The molecule has 0 aromatic rings. The Balaban J connectivity index is 0.00000441. The van der Waals surface area contributed by atoms with Crippen LogP contribution in [0, 0.1) is 5.41 Å². The monoisotopic (exact) mass is 445 g/mol. The predicted molar refractivity (Wildman–Crippen MR) is 105 cm³/mol. The van der Waals surface area contributed by atoms with Gasteiger partial charge in [0.2, 0.25) is 0 Å². The van der Waals surface area contributed by atoms with E-state index in [0.717, 1.165) is 25.5 Å². The molecule has 132 valence electrons. The van der Waals surface area contributed by atoms with E-state index >= 15 is 0 Å². The molecule has 0 atom stereocenters. The van der Waals surface area contributed by atoms with Crippen LogP contribution in [0.1, 0.15) is 48.0 Å². The van der Waals surface area contributed by atoms with Gasteiger partial charge in [0.25, 0.3) is 0 Å². The largest absolute Gasteiger partial charge is 0.357 e. The summed E-state index contributed by atoms with van der Waals surface area (Å²) in [6, 6.07) is 0. The van der Waals surface area contributed by atoms with Crippen molar-refractivity contribution in [3.8, 4) is 0 Å². The summed E-state index contributed by atoms with van der Waals surface area (Å²) in [5, 5.41) is 3.28. The van der Waals surface area contributed by atoms with Gasteiger partial charge in [0.05, 0.1) is 10.5 Å². The number of guanidine groups is 1. The zero-order chi connectivity index (χ0) is 16.3. The van der Waals surface area contributed by atoms with Crippen molar-refractivity contribution in [1.29, 1.82) is 0 Å². The van der Waals surface area contributed by atoms with Crippen LogP contribution in [-0.2, 0) is 9.84 Å². The van der Waals surface area contributed by atoms with Gasteiger partial charge in [0, 0.05) is 26.2 Å². The highest BCUT2D eigenvalue weighted by Crippen LogP contribution is 2.24. The molecule has 0 unspecified atom stereocenters. The minimum absolute atomic E-state index is 0. The molecule has 1 fully saturated rings. The molecule has 22 heavy (non-hydrogen) atoms. The van der Waals surface area contributed by atoms with Crippen molar-refractivity contribution in [1.82, 2.24) is 10.2 Å². The number of nitrogens with zero attached hydrogens (tertiary/aromatic N) is 2. The summed E-state index contributed by atoms with van der Waals surface area (Å²) in [5.41, 5.74) is 0.255. The Labute approximate surface area is 153 Å². The summed E-state index contributed by atoms with van der Waals surface area (Å²) in [7, 11) is -3.01. The zero-order valence-electron chi connectivity index (χ0n) is 14.8. The zero-order valence-corrected chi connectivity index (χ0v) is 17.9. The van der Waals surface area contributed by atoms with Crippen LogP contribution in [0.4, 0.5) is 0 Å². The molecule has 7 heteroatoms. The first-order chi connectivity index (χ1) is 9.48. The molecule has 1 heterocycles. The lowest BCUT2D eigenvalue weighted by Gasteiger charge is -2.39. The molecule has 0 amide bonds. The quantitative estimate of drug-likeness (QED) is 0.412. The van der Waals surface area contributed by atoms with Gasteiger partial charge in [-0.2, -0.15) is 0 Å². The third-order valence-electron chi connectivity index (χ3n) is 3.80. The fourth-order valence-electron chi connectivity index (χ4n) is 2.25. The molecule has 1 rings (SSSR count). The third-order valence-corrected chi connectivity index (χ3v) is 6.33. The third kappa shape index (κ3) is 6.22. The summed E-state index contributed by atoms with van der Waals surface area (Å²) in [4.78, 5) is 6.75. The van der Waals surface area contributed by atoms with Crippen LogP contribution in [-0.4, -0.2) is 56.0 Å². The van der Waals surface area contributed by atoms with Gasteiger partial charge in [-0.15, -0.1) is 24.0 Å². The second-order valence-corrected chi connectivity index (χ2v) is 10.3. The number of hydrogen-bond donors (Lipinski definition) is 1. The van der Waals surface area contributed by atoms with Crippen LogP contribution in [0.25, 0.3) is 0 Å². The van der Waals surface area contributed by atoms with Crippen molar-refractivity contribution in [2.75, 3.05) is 31.9 Å². The van der Waals surface area contributed by atoms with E-state index in [0.29, 0.717) is 13.1 Å². The summed E-state index contributed by atoms with van der Waals surface area (Å²) < 4.78 is 23.5. The Morgan fingerprint density at radius 3 is 2.36 bits per heavy atom. The number of sulfone groups is 1. The maximum Gasteiger partial charge on any atom is 0.193 e. The predicted octanol–water partition coefficient (Wildman–Crippen LogP) is 2.52. The van der Waals surface area contributed by atoms with Crippen molar-refractivity contribution < 1.29 is 8.42 Å². The van der Waals surface area contributed by atoms with Crippen molar-refractivity contribution in [3.63, 3.8) is 0 Å². The van der Waals surface area contributed by atoms with Gasteiger partial charge in [-0.1, -0.05) is 20.8 Å². The van der Waals surface area contributed by atoms with E-state index in [4.69, 9.17) is 0 Å². The van der Waals surface area contributed by atoms with Crippen molar-refractivity contribution in [2.24, 2.45) is 10.4 Å². The summed E-state index contributed by atoms with van der Waals surface area (Å²) in [6.07, 6.45) is 1.01. The molecule has 1 aliphatic rings. The molecule has 1 aliphatic heterocycles. The lowest BCUT2D eigenvalue weighted by Crippen LogP contribution is -2.57. The van der Waals surface area contributed by atoms with E-state index in [1.807, 2.05) is 6.92 Å². The molecule has 5 nitrogen and oxygen atoms in total. The van der Waals surface area contributed by atoms with E-state index in [1.54, 1.807) is 13.8 Å². The smallest absolute Gasteiger partial charge is 0.193 e. The molecular formula is C15H32IN3O2S. The first-order valence-corrected chi connectivity index (χ1v) is 9.39. The molecular weight excluding hydrogens is 413 g/mol. The minimum atomic E-state index is -3.01. The number of aliphatic imine (C=N–C) groups is 1. The molecule has 0 aromatic carbocycles. The molecule has 0 aliphatic carbocycles. The number of nitrogens with one attached hydrogen (secondary N) is 1. The minimum Gasteiger partial charge on any atom is -0.357 e. The van der Waals surface area contributed by atoms with Gasteiger partial charge < -0.3 is 10.2 Å². The highest BCUT2D eigenvalue weighted by atomic mass is 127. The van der Waals surface area contributed by atoms with E-state index in [2.05, 4.69) is 36.0 Å². The number of hydrogen-bond acceptors (Lipinski definition) is 3. The number of rotatable bonds is 3. The summed E-state index contributed by atoms with van der Waals surface area (Å²) >= 11 is 0. The second kappa shape index (κ2) is 8.17. The van der Waals surface area contributed by atoms with Gasteiger partial charge in [-0.25, -0.2) is 8.42 Å². The molecule has 0 aromatic heterocycles. The van der Waals surface area contributed by atoms with Gasteiger partial charge in [0.1, 0.15) is 0 Å². The van der Waals surface area contributed by atoms with Crippen LogP contribution >= 0.6 is 24.0 Å². The maximum absolute atomic E-state index is 12.1. The van der Waals surface area contributed by atoms with Crippen molar-refractivity contribution >= 4 is 39.8 Å². The average Bonchev–Trinajstić information content (AvgIpc) is 2.30. The average molecular weight is 445 g/mol. The summed E-state index contributed by atoms with van der Waals surface area (Å²) in [5.74, 6) is 1.04. The highest BCUT2D eigenvalue weighted by molar-refractivity contribution is 14.0. The molecule has 0 saturated carbocycles. The van der Waals surface area contributed by atoms with Crippen LogP contribution in [0.5, 0.6) is 0 Å². The van der Waals surface area contributed by atoms with Gasteiger partial charge in [-0.3, -0.25) is 4.99 Å². The Morgan fingerprint density at radius 2 is 1.91 bits per heavy atom. The lowest BCUT2D eigenvalue weighted by atomic mass is 9.92. The first-order valence-electron chi connectivity index (χ1n) is 7.74. The Bertz CT molecular complexity index is 482. The fraction of sp³-hybridized carbons (Fsp3) is 0.933. The first kappa shape index (κ1) is 21.9. The molecule has 1 N–H and O–H groups in total. The highest BCUT2D eigenvalue weighted by Gasteiger charge is 2.40. The van der Waals surface area contributed by atoms with E-state index < -0.39 is 14.6 Å². The maximum atomic E-state index is 12.1. The van der Waals surface area contributed by atoms with E-state index in [1.165, 1.54) is 0 Å². The van der Waals surface area contributed by atoms with Gasteiger partial charge in [0.15, 0.2) is 15.8 Å². The normalized spacial score (nSPS) is 21.2. The molecule has 0 bridgehead atoms. The van der Waals surface area contributed by atoms with E-state index in [9.17, 15) is 8.42 Å². The van der Waals surface area contributed by atoms with Crippen LogP contribution in [0.2, 0.25) is 0 Å². The Kier molecular flexibility index (Phi) is 8.15. The Morgan fingerprint density at radius 1 is 1.32 bits per heavy atom.